The van der Waals surface area contributed by atoms with Crippen LogP contribution in [-0.4, -0.2) is 49.9 Å². The highest BCUT2D eigenvalue weighted by Crippen LogP contribution is 2.39. The first kappa shape index (κ1) is 21.8. The molecule has 7 heteroatoms. The molecule has 2 aromatic carbocycles. The van der Waals surface area contributed by atoms with Crippen LogP contribution in [0, 0.1) is 0 Å². The molecule has 6 nitrogen and oxygen atoms in total. The number of hydrogen-bond donors (Lipinski definition) is 1. The number of nitrogens with zero attached hydrogens (tertiary/aromatic N) is 1. The lowest BCUT2D eigenvalue weighted by Crippen LogP contribution is -2.58. The van der Waals surface area contributed by atoms with E-state index >= 15 is 0 Å². The van der Waals surface area contributed by atoms with E-state index in [1.165, 1.54) is 6.26 Å². The summed E-state index contributed by atoms with van der Waals surface area (Å²) in [5.41, 5.74) is 2.91. The molecule has 0 radical (unpaired) electrons. The van der Waals surface area contributed by atoms with Crippen molar-refractivity contribution in [2.45, 2.75) is 56.7 Å². The van der Waals surface area contributed by atoms with Crippen LogP contribution in [0.15, 0.2) is 54.6 Å². The van der Waals surface area contributed by atoms with Gasteiger partial charge in [-0.15, -0.1) is 0 Å². The number of nitrogens with one attached hydrogen (secondary N) is 1. The van der Waals surface area contributed by atoms with E-state index in [2.05, 4.69) is 29.0 Å². The van der Waals surface area contributed by atoms with Gasteiger partial charge in [-0.2, -0.15) is 0 Å². The molecular weight excluding hydrogens is 412 g/mol. The molecular formula is C24H30N2O4S. The summed E-state index contributed by atoms with van der Waals surface area (Å²) in [5, 5.41) is 0. The van der Waals surface area contributed by atoms with Gasteiger partial charge in [0, 0.05) is 12.6 Å². The molecule has 1 saturated heterocycles. The summed E-state index contributed by atoms with van der Waals surface area (Å²) >= 11 is 0. The molecule has 1 aliphatic carbocycles. The summed E-state index contributed by atoms with van der Waals surface area (Å²) < 4.78 is 32.5. The van der Waals surface area contributed by atoms with E-state index in [-0.39, 0.29) is 23.8 Å². The number of carbonyl (C=O) groups is 1. The molecule has 1 aliphatic heterocycles. The van der Waals surface area contributed by atoms with Gasteiger partial charge in [-0.1, -0.05) is 54.6 Å². The van der Waals surface area contributed by atoms with Crippen LogP contribution in [-0.2, 0) is 21.2 Å². The van der Waals surface area contributed by atoms with E-state index in [9.17, 15) is 13.2 Å². The highest BCUT2D eigenvalue weighted by atomic mass is 32.2. The fraction of sp³-hybridized carbons (Fsp3) is 0.458. The third-order valence-corrected chi connectivity index (χ3v) is 6.88. The molecule has 166 valence electrons. The second-order valence-corrected chi connectivity index (χ2v) is 10.8. The van der Waals surface area contributed by atoms with Crippen LogP contribution in [0.25, 0.3) is 11.1 Å². The van der Waals surface area contributed by atoms with Gasteiger partial charge in [0.15, 0.2) is 0 Å². The Morgan fingerprint density at radius 2 is 1.84 bits per heavy atom. The Balaban J connectivity index is 1.60. The number of ether oxygens (including phenoxy) is 1. The average Bonchev–Trinajstić information content (AvgIpc) is 3.45. The lowest BCUT2D eigenvalue weighted by molar-refractivity contribution is 0.0322. The largest absolute Gasteiger partial charge is 0.443 e. The molecule has 1 heterocycles. The fourth-order valence-corrected chi connectivity index (χ4v) is 5.07. The van der Waals surface area contributed by atoms with Crippen molar-refractivity contribution in [3.8, 4) is 11.1 Å². The number of benzene rings is 2. The van der Waals surface area contributed by atoms with Gasteiger partial charge in [-0.25, -0.2) is 17.9 Å². The second kappa shape index (κ2) is 8.63. The molecule has 0 spiro atoms. The first-order valence-electron chi connectivity index (χ1n) is 10.8. The predicted molar refractivity (Wildman–Crippen MR) is 121 cm³/mol. The van der Waals surface area contributed by atoms with Gasteiger partial charge in [-0.3, -0.25) is 0 Å². The van der Waals surface area contributed by atoms with Gasteiger partial charge in [0.05, 0.1) is 12.3 Å². The van der Waals surface area contributed by atoms with Crippen LogP contribution in [0.4, 0.5) is 4.79 Å². The van der Waals surface area contributed by atoms with Crippen LogP contribution < -0.4 is 4.72 Å². The van der Waals surface area contributed by atoms with Crippen molar-refractivity contribution in [1.29, 1.82) is 0 Å². The van der Waals surface area contributed by atoms with E-state index in [1.54, 1.807) is 4.90 Å². The normalized spacial score (nSPS) is 22.7. The van der Waals surface area contributed by atoms with Crippen LogP contribution in [0.1, 0.15) is 38.2 Å². The van der Waals surface area contributed by atoms with Gasteiger partial charge in [0.2, 0.25) is 10.0 Å². The number of likely N-dealkylation sites (tertiary alicyclic amines) is 1. The highest BCUT2D eigenvalue weighted by molar-refractivity contribution is 7.88. The Morgan fingerprint density at radius 3 is 2.52 bits per heavy atom. The van der Waals surface area contributed by atoms with Crippen molar-refractivity contribution in [2.75, 3.05) is 12.8 Å². The van der Waals surface area contributed by atoms with E-state index in [0.717, 1.165) is 36.0 Å². The Hall–Kier alpha value is -2.38. The monoisotopic (exact) mass is 442 g/mol. The van der Waals surface area contributed by atoms with Crippen molar-refractivity contribution >= 4 is 16.1 Å². The highest BCUT2D eigenvalue weighted by Gasteiger charge is 2.45. The number of hydrogen-bond acceptors (Lipinski definition) is 4. The molecule has 2 atom stereocenters. The van der Waals surface area contributed by atoms with Gasteiger partial charge >= 0.3 is 6.09 Å². The summed E-state index contributed by atoms with van der Waals surface area (Å²) in [7, 11) is -3.40. The van der Waals surface area contributed by atoms with E-state index in [0.29, 0.717) is 19.4 Å². The molecule has 31 heavy (non-hydrogen) atoms. The summed E-state index contributed by atoms with van der Waals surface area (Å²) in [5.74, 6) is 0. The minimum Gasteiger partial charge on any atom is -0.443 e. The third kappa shape index (κ3) is 5.66. The third-order valence-electron chi connectivity index (χ3n) is 6.15. The topological polar surface area (TPSA) is 75.7 Å². The predicted octanol–water partition coefficient (Wildman–Crippen LogP) is 3.97. The Kier molecular flexibility index (Phi) is 6.08. The molecule has 2 unspecified atom stereocenters. The smallest absolute Gasteiger partial charge is 0.410 e. The van der Waals surface area contributed by atoms with Crippen molar-refractivity contribution in [1.82, 2.24) is 9.62 Å². The van der Waals surface area contributed by atoms with E-state index in [1.807, 2.05) is 37.3 Å². The van der Waals surface area contributed by atoms with Crippen LogP contribution in [0.5, 0.6) is 0 Å². The lowest BCUT2D eigenvalue weighted by Gasteiger charge is -2.41. The number of carbonyl (C=O) groups excluding carboxylic acids is 1. The number of sulfonamides is 1. The first-order chi connectivity index (χ1) is 14.7. The van der Waals surface area contributed by atoms with Crippen molar-refractivity contribution in [3.05, 3.63) is 60.2 Å². The molecule has 1 N–H and O–H groups in total. The van der Waals surface area contributed by atoms with Gasteiger partial charge < -0.3 is 9.64 Å². The van der Waals surface area contributed by atoms with Gasteiger partial charge in [0.1, 0.15) is 5.60 Å². The zero-order valence-corrected chi connectivity index (χ0v) is 18.9. The maximum Gasteiger partial charge on any atom is 0.410 e. The van der Waals surface area contributed by atoms with Crippen molar-refractivity contribution < 1.29 is 17.9 Å². The standard InChI is InChI=1S/C24H30N2O4S/c1-24(13-14-24)30-23(27)26-15-7-12-21(25-31(2,28)29)22(26)17-18-8-6-11-20(16-18)19-9-4-3-5-10-19/h3-6,8-11,16,21-22,25H,7,12-15,17H2,1-2H3. The number of piperidine rings is 1. The Bertz CT molecular complexity index is 1030. The lowest BCUT2D eigenvalue weighted by atomic mass is 9.90. The maximum atomic E-state index is 13.0. The summed E-state index contributed by atoms with van der Waals surface area (Å²) in [6.45, 7) is 2.51. The zero-order valence-electron chi connectivity index (χ0n) is 18.1. The quantitative estimate of drug-likeness (QED) is 0.735. The molecule has 0 aromatic heterocycles. The molecule has 1 amide bonds. The Morgan fingerprint density at radius 1 is 1.13 bits per heavy atom. The van der Waals surface area contributed by atoms with E-state index in [4.69, 9.17) is 4.74 Å². The first-order valence-corrected chi connectivity index (χ1v) is 12.7. The average molecular weight is 443 g/mol. The van der Waals surface area contributed by atoms with Gasteiger partial charge in [0.25, 0.3) is 0 Å². The second-order valence-electron chi connectivity index (χ2n) is 8.99. The molecule has 2 fully saturated rings. The van der Waals surface area contributed by atoms with Crippen LogP contribution in [0.3, 0.4) is 0 Å². The van der Waals surface area contributed by atoms with Crippen LogP contribution >= 0.6 is 0 Å². The summed E-state index contributed by atoms with van der Waals surface area (Å²) in [4.78, 5) is 14.7. The molecule has 2 aromatic rings. The molecule has 1 saturated carbocycles. The van der Waals surface area contributed by atoms with Gasteiger partial charge in [-0.05, 0) is 55.7 Å². The molecule has 2 aliphatic rings. The zero-order chi connectivity index (χ0) is 22.1. The number of rotatable bonds is 6. The number of amides is 1. The fourth-order valence-electron chi connectivity index (χ4n) is 4.25. The summed E-state index contributed by atoms with van der Waals surface area (Å²) in [6.07, 6.45) is 4.56. The summed E-state index contributed by atoms with van der Waals surface area (Å²) in [6, 6.07) is 17.7. The maximum absolute atomic E-state index is 13.0. The minimum atomic E-state index is -3.40. The minimum absolute atomic E-state index is 0.302. The van der Waals surface area contributed by atoms with Crippen molar-refractivity contribution in [3.63, 3.8) is 0 Å². The SMILES string of the molecule is CC1(OC(=O)N2CCCC(NS(C)(=O)=O)C2Cc2cccc(-c3ccccc3)c2)CC1. The Labute approximate surface area is 184 Å². The molecule has 4 rings (SSSR count). The molecule has 0 bridgehead atoms. The van der Waals surface area contributed by atoms with Crippen LogP contribution in [0.2, 0.25) is 0 Å². The van der Waals surface area contributed by atoms with Crippen molar-refractivity contribution in [2.24, 2.45) is 0 Å². The van der Waals surface area contributed by atoms with E-state index < -0.39 is 10.0 Å².